The van der Waals surface area contributed by atoms with Crippen molar-refractivity contribution >= 4 is 11.9 Å². The quantitative estimate of drug-likeness (QED) is 0.0316. The van der Waals surface area contributed by atoms with Crippen molar-refractivity contribution in [3.8, 4) is 0 Å². The van der Waals surface area contributed by atoms with Crippen LogP contribution in [0, 0.1) is 0 Å². The second-order valence-corrected chi connectivity index (χ2v) is 28.6. The number of rotatable bonds is 60. The number of amides is 3. The first-order chi connectivity index (χ1) is 50.9. The summed E-state index contributed by atoms with van der Waals surface area (Å²) in [6.07, 6.45) is 31.9. The van der Waals surface area contributed by atoms with Gasteiger partial charge in [-0.25, -0.2) is 4.79 Å². The van der Waals surface area contributed by atoms with Gasteiger partial charge >= 0.3 is 6.03 Å². The summed E-state index contributed by atoms with van der Waals surface area (Å²) in [6.45, 7) is 8.03. The van der Waals surface area contributed by atoms with E-state index in [0.29, 0.717) is 39.4 Å². The molecule has 0 unspecified atom stereocenters. The lowest BCUT2D eigenvalue weighted by atomic mass is 9.97. The molecule has 6 aromatic rings. The minimum atomic E-state index is -1.03. The van der Waals surface area contributed by atoms with E-state index in [4.69, 9.17) is 37.9 Å². The van der Waals surface area contributed by atoms with Crippen LogP contribution in [0.5, 0.6) is 0 Å². The molecule has 0 spiro atoms. The molecule has 1 heterocycles. The van der Waals surface area contributed by atoms with Gasteiger partial charge in [0.15, 0.2) is 6.29 Å². The molecule has 0 aromatic heterocycles. The Kier molecular flexibility index (Phi) is 45.0. The Morgan fingerprint density at radius 3 is 1.15 bits per heavy atom. The van der Waals surface area contributed by atoms with Gasteiger partial charge in [-0.05, 0) is 59.1 Å². The second kappa shape index (κ2) is 55.2. The summed E-state index contributed by atoms with van der Waals surface area (Å²) in [6, 6.07) is 60.6. The molecule has 3 N–H and O–H groups in total. The fraction of sp³-hybridized carbons (Fsp3) is 0.578. The molecule has 0 saturated carbocycles. The van der Waals surface area contributed by atoms with E-state index in [2.05, 4.69) is 115 Å². The molecule has 0 bridgehead atoms. The van der Waals surface area contributed by atoms with E-state index in [1.807, 2.05) is 97.1 Å². The van der Waals surface area contributed by atoms with Gasteiger partial charge in [-0.2, -0.15) is 0 Å². The molecule has 1 aliphatic heterocycles. The summed E-state index contributed by atoms with van der Waals surface area (Å²) in [7, 11) is 0. The number of ether oxygens (including phenoxy) is 8. The maximum atomic E-state index is 14.9. The number of hydrogen-bond acceptors (Lipinski definition) is 10. The van der Waals surface area contributed by atoms with E-state index in [9.17, 15) is 9.59 Å². The normalized spacial score (nSPS) is 16.8. The standard InChI is InChI=1S/C90H131N3O10/c1-3-5-7-9-11-13-14-15-17-21-25-47-63-82(97-68-76-53-37-30-38-54-76)85(98-69-77-55-39-31-40-56-77)81(93-84(94)64-48-26-22-18-16-20-24-28-50-66-92-90(95)91-65-49-27-23-19-12-10-8-6-4-2)73-102-89-88(101-72-80-61-45-34-46-62-80)87(100-71-79-59-43-33-44-60-79)86(99-70-78-57-41-32-42-58-78)83(103-89)74-96-67-75-51-35-29-36-52-75/h29-46,51-62,81-83,85-89H,3-28,47-50,63-74H2,1-2H3,(H,93,94)(H2,91,92,95)/t81-,82+,83+,85-,86-,87-,88+,89-/m0/s1. The van der Waals surface area contributed by atoms with Crippen LogP contribution in [-0.2, 0) is 82.3 Å². The lowest BCUT2D eigenvalue weighted by Crippen LogP contribution is -2.62. The molecule has 1 aliphatic rings. The van der Waals surface area contributed by atoms with Gasteiger partial charge < -0.3 is 53.8 Å². The molecule has 1 fully saturated rings. The molecule has 7 rings (SSSR count). The minimum Gasteiger partial charge on any atom is -0.374 e. The predicted molar refractivity (Wildman–Crippen MR) is 418 cm³/mol. The van der Waals surface area contributed by atoms with Crippen LogP contribution in [0.3, 0.4) is 0 Å². The van der Waals surface area contributed by atoms with Crippen molar-refractivity contribution < 1.29 is 47.5 Å². The Labute approximate surface area is 621 Å². The molecule has 0 aliphatic carbocycles. The van der Waals surface area contributed by atoms with E-state index in [0.717, 1.165) is 130 Å². The van der Waals surface area contributed by atoms with Gasteiger partial charge in [-0.15, -0.1) is 0 Å². The minimum absolute atomic E-state index is 0.00585. The molecule has 13 nitrogen and oxygen atoms in total. The van der Waals surface area contributed by atoms with Crippen LogP contribution in [0.15, 0.2) is 182 Å². The lowest BCUT2D eigenvalue weighted by Gasteiger charge is -2.46. The summed E-state index contributed by atoms with van der Waals surface area (Å²) in [5, 5.41) is 9.65. The van der Waals surface area contributed by atoms with Crippen molar-refractivity contribution in [3.63, 3.8) is 0 Å². The zero-order valence-corrected chi connectivity index (χ0v) is 63.2. The van der Waals surface area contributed by atoms with Gasteiger partial charge in [0.2, 0.25) is 5.91 Å². The second-order valence-electron chi connectivity index (χ2n) is 28.6. The molecule has 103 heavy (non-hydrogen) atoms. The summed E-state index contributed by atoms with van der Waals surface area (Å²) in [4.78, 5) is 27.3. The van der Waals surface area contributed by atoms with Crippen molar-refractivity contribution in [1.29, 1.82) is 0 Å². The van der Waals surface area contributed by atoms with Crippen molar-refractivity contribution in [2.75, 3.05) is 26.3 Å². The monoisotopic (exact) mass is 1410 g/mol. The van der Waals surface area contributed by atoms with E-state index in [-0.39, 0.29) is 38.4 Å². The van der Waals surface area contributed by atoms with Gasteiger partial charge in [0, 0.05) is 19.5 Å². The Bertz CT molecular complexity index is 2970. The number of unbranched alkanes of at least 4 members (excludes halogenated alkanes) is 27. The Morgan fingerprint density at radius 1 is 0.369 bits per heavy atom. The molecular weight excluding hydrogens is 1280 g/mol. The van der Waals surface area contributed by atoms with Gasteiger partial charge in [-0.3, -0.25) is 4.79 Å². The first kappa shape index (κ1) is 84.0. The Balaban J connectivity index is 1.08. The third kappa shape index (κ3) is 37.0. The molecule has 3 amide bonds. The van der Waals surface area contributed by atoms with Crippen LogP contribution >= 0.6 is 0 Å². The van der Waals surface area contributed by atoms with Crippen molar-refractivity contribution in [1.82, 2.24) is 16.0 Å². The van der Waals surface area contributed by atoms with Gasteiger partial charge in [0.25, 0.3) is 0 Å². The molecular formula is C90H131N3O10. The van der Waals surface area contributed by atoms with E-state index in [1.165, 1.54) is 109 Å². The Morgan fingerprint density at radius 2 is 0.718 bits per heavy atom. The lowest BCUT2D eigenvalue weighted by molar-refractivity contribution is -0.330. The van der Waals surface area contributed by atoms with Gasteiger partial charge in [0.05, 0.1) is 65.0 Å². The SMILES string of the molecule is CCCCCCCCCCCCCC[C@@H](OCc1ccccc1)[C@@H](OCc1ccccc1)[C@H](CO[C@H]1O[C@H](COCc2ccccc2)[C@H](OCc2ccccc2)[C@H](OCc2ccccc2)[C@H]1OCc1ccccc1)NC(=O)CCCCCCCCCCCNC(=O)NCCCCCCCCCCC. The number of urea groups is 1. The zero-order valence-electron chi connectivity index (χ0n) is 63.2. The third-order valence-corrected chi connectivity index (χ3v) is 19.8. The van der Waals surface area contributed by atoms with Crippen molar-refractivity contribution in [3.05, 3.63) is 215 Å². The average Bonchev–Trinajstić information content (AvgIpc) is 0.795. The van der Waals surface area contributed by atoms with Gasteiger partial charge in [0.1, 0.15) is 30.5 Å². The van der Waals surface area contributed by atoms with E-state index in [1.54, 1.807) is 0 Å². The maximum Gasteiger partial charge on any atom is 0.314 e. The number of nitrogens with one attached hydrogen (secondary N) is 3. The van der Waals surface area contributed by atoms with Crippen molar-refractivity contribution in [2.45, 2.75) is 308 Å². The summed E-state index contributed by atoms with van der Waals surface area (Å²) in [5.41, 5.74) is 6.11. The fourth-order valence-corrected chi connectivity index (χ4v) is 13.7. The molecule has 1 saturated heterocycles. The highest BCUT2D eigenvalue weighted by molar-refractivity contribution is 5.76. The van der Waals surface area contributed by atoms with Crippen LogP contribution in [0.1, 0.15) is 253 Å². The van der Waals surface area contributed by atoms with E-state index < -0.39 is 49.0 Å². The predicted octanol–water partition coefficient (Wildman–Crippen LogP) is 21.2. The largest absolute Gasteiger partial charge is 0.374 e. The highest BCUT2D eigenvalue weighted by Gasteiger charge is 2.50. The highest BCUT2D eigenvalue weighted by atomic mass is 16.7. The molecule has 0 radical (unpaired) electrons. The molecule has 6 aromatic carbocycles. The third-order valence-electron chi connectivity index (χ3n) is 19.8. The van der Waals surface area contributed by atoms with Crippen molar-refractivity contribution in [2.24, 2.45) is 0 Å². The molecule has 566 valence electrons. The number of benzene rings is 6. The summed E-state index contributed by atoms with van der Waals surface area (Å²) >= 11 is 0. The molecule has 13 heteroatoms. The summed E-state index contributed by atoms with van der Waals surface area (Å²) < 4.78 is 57.0. The Hall–Kier alpha value is -6.26. The van der Waals surface area contributed by atoms with Gasteiger partial charge in [-0.1, -0.05) is 369 Å². The first-order valence-corrected chi connectivity index (χ1v) is 40.4. The van der Waals surface area contributed by atoms with Crippen LogP contribution in [0.25, 0.3) is 0 Å². The highest BCUT2D eigenvalue weighted by Crippen LogP contribution is 2.33. The molecule has 8 atom stereocenters. The zero-order chi connectivity index (χ0) is 71.9. The maximum absolute atomic E-state index is 14.9. The van der Waals surface area contributed by atoms with Crippen LogP contribution in [0.4, 0.5) is 4.79 Å². The smallest absolute Gasteiger partial charge is 0.314 e. The fourth-order valence-electron chi connectivity index (χ4n) is 13.7. The van der Waals surface area contributed by atoms with E-state index >= 15 is 0 Å². The topological polar surface area (TPSA) is 144 Å². The summed E-state index contributed by atoms with van der Waals surface area (Å²) in [5.74, 6) is -0.0630. The first-order valence-electron chi connectivity index (χ1n) is 40.4. The number of carbonyl (C=O) groups excluding carboxylic acids is 2. The van der Waals surface area contributed by atoms with Crippen LogP contribution in [0.2, 0.25) is 0 Å². The van der Waals surface area contributed by atoms with Crippen LogP contribution < -0.4 is 16.0 Å². The average molecular weight is 1420 g/mol. The number of carbonyl (C=O) groups is 2. The van der Waals surface area contributed by atoms with Crippen LogP contribution in [-0.4, -0.2) is 87.2 Å². The number of hydrogen-bond donors (Lipinski definition) is 3.